The molecule has 0 bridgehead atoms. The Kier molecular flexibility index (Phi) is 7.43. The second kappa shape index (κ2) is 10.3. The molecule has 6 nitrogen and oxygen atoms in total. The number of thiophene rings is 1. The van der Waals surface area contributed by atoms with Crippen LogP contribution in [0.3, 0.4) is 0 Å². The minimum Gasteiger partial charge on any atom is -0.361 e. The molecule has 3 atom stereocenters. The molecule has 0 unspecified atom stereocenters. The number of hydrogen-bond donors (Lipinski definition) is 3. The average molecular weight is 481 g/mol. The number of carbonyl (C=O) groups is 2. The van der Waals surface area contributed by atoms with E-state index in [9.17, 15) is 9.59 Å². The molecule has 7 heteroatoms. The van der Waals surface area contributed by atoms with Crippen LogP contribution in [0.15, 0.2) is 48.0 Å². The van der Waals surface area contributed by atoms with Crippen LogP contribution in [0.2, 0.25) is 0 Å². The maximum absolute atomic E-state index is 13.4. The average Bonchev–Trinajstić information content (AvgIpc) is 3.47. The van der Waals surface area contributed by atoms with Crippen molar-refractivity contribution in [3.8, 4) is 0 Å². The molecule has 1 aliphatic heterocycles. The van der Waals surface area contributed by atoms with Gasteiger partial charge < -0.3 is 15.6 Å². The van der Waals surface area contributed by atoms with Crippen molar-refractivity contribution in [2.24, 2.45) is 11.8 Å². The number of nitrogens with one attached hydrogen (secondary N) is 3. The van der Waals surface area contributed by atoms with E-state index in [1.807, 2.05) is 41.9 Å². The summed E-state index contributed by atoms with van der Waals surface area (Å²) in [5.74, 6) is 0.936. The van der Waals surface area contributed by atoms with Crippen molar-refractivity contribution in [1.29, 1.82) is 0 Å². The number of aromatic amines is 1. The van der Waals surface area contributed by atoms with E-state index in [2.05, 4.69) is 48.2 Å². The molecule has 0 radical (unpaired) electrons. The van der Waals surface area contributed by atoms with E-state index < -0.39 is 6.04 Å². The molecule has 1 aliphatic rings. The van der Waals surface area contributed by atoms with Gasteiger partial charge >= 0.3 is 0 Å². The summed E-state index contributed by atoms with van der Waals surface area (Å²) in [4.78, 5) is 32.6. The molecule has 1 fully saturated rings. The Bertz CT molecular complexity index is 1110. The number of piperidine rings is 1. The minimum atomic E-state index is -0.663. The monoisotopic (exact) mass is 480 g/mol. The first-order valence-corrected chi connectivity index (χ1v) is 13.0. The minimum absolute atomic E-state index is 0.152. The lowest BCUT2D eigenvalue weighted by Crippen LogP contribution is -2.58. The van der Waals surface area contributed by atoms with E-state index in [0.29, 0.717) is 29.7 Å². The summed E-state index contributed by atoms with van der Waals surface area (Å²) in [6, 6.07) is 11.0. The van der Waals surface area contributed by atoms with Crippen LogP contribution in [0.4, 0.5) is 0 Å². The van der Waals surface area contributed by atoms with Crippen molar-refractivity contribution in [2.75, 3.05) is 19.6 Å². The molecule has 4 rings (SSSR count). The number of aromatic nitrogens is 1. The Morgan fingerprint density at radius 1 is 1.15 bits per heavy atom. The van der Waals surface area contributed by atoms with Gasteiger partial charge in [0.2, 0.25) is 5.91 Å². The third-order valence-corrected chi connectivity index (χ3v) is 7.75. The van der Waals surface area contributed by atoms with Gasteiger partial charge in [-0.25, -0.2) is 0 Å². The molecular formula is C27H36N4O2S. The van der Waals surface area contributed by atoms with Crippen LogP contribution in [-0.4, -0.2) is 52.9 Å². The van der Waals surface area contributed by atoms with Crippen LogP contribution >= 0.6 is 11.3 Å². The van der Waals surface area contributed by atoms with E-state index in [0.717, 1.165) is 29.6 Å². The number of fused-ring (bicyclic) bond motifs is 1. The van der Waals surface area contributed by atoms with Gasteiger partial charge in [0.1, 0.15) is 6.04 Å². The Morgan fingerprint density at radius 3 is 2.59 bits per heavy atom. The van der Waals surface area contributed by atoms with E-state index in [4.69, 9.17) is 0 Å². The number of amides is 2. The zero-order valence-electron chi connectivity index (χ0n) is 20.6. The van der Waals surface area contributed by atoms with E-state index in [1.165, 1.54) is 17.8 Å². The van der Waals surface area contributed by atoms with Gasteiger partial charge in [0.25, 0.3) is 5.91 Å². The number of likely N-dealkylation sites (tertiary alicyclic amines) is 1. The molecule has 182 valence electrons. The summed E-state index contributed by atoms with van der Waals surface area (Å²) in [7, 11) is 0. The van der Waals surface area contributed by atoms with Crippen molar-refractivity contribution in [2.45, 2.75) is 52.1 Å². The fourth-order valence-corrected chi connectivity index (χ4v) is 5.69. The lowest BCUT2D eigenvalue weighted by Gasteiger charge is -2.45. The molecule has 34 heavy (non-hydrogen) atoms. The summed E-state index contributed by atoms with van der Waals surface area (Å²) in [5, 5.41) is 9.08. The highest BCUT2D eigenvalue weighted by Crippen LogP contribution is 2.27. The number of para-hydroxylation sites is 1. The van der Waals surface area contributed by atoms with Gasteiger partial charge in [-0.15, -0.1) is 11.3 Å². The summed E-state index contributed by atoms with van der Waals surface area (Å²) >= 11 is 1.38. The van der Waals surface area contributed by atoms with Crippen LogP contribution in [0.25, 0.3) is 10.9 Å². The normalized spacial score (nSPS) is 20.2. The molecular weight excluding hydrogens is 444 g/mol. The highest BCUT2D eigenvalue weighted by molar-refractivity contribution is 7.12. The second-order valence-electron chi connectivity index (χ2n) is 10.4. The van der Waals surface area contributed by atoms with Crippen molar-refractivity contribution in [3.63, 3.8) is 0 Å². The van der Waals surface area contributed by atoms with Gasteiger partial charge in [-0.05, 0) is 55.2 Å². The number of H-pyrrole nitrogens is 1. The Labute approximate surface area is 206 Å². The third-order valence-electron chi connectivity index (χ3n) is 6.89. The molecule has 3 heterocycles. The molecule has 0 spiro atoms. The van der Waals surface area contributed by atoms with E-state index in [1.54, 1.807) is 6.07 Å². The molecule has 2 amide bonds. The van der Waals surface area contributed by atoms with Gasteiger partial charge in [0.15, 0.2) is 0 Å². The first-order valence-electron chi connectivity index (χ1n) is 12.1. The fourth-order valence-electron chi connectivity index (χ4n) is 5.06. The molecule has 2 aromatic heterocycles. The fraction of sp³-hybridized carbons (Fsp3) is 0.481. The number of hydrogen-bond acceptors (Lipinski definition) is 4. The Hall–Kier alpha value is -2.64. The van der Waals surface area contributed by atoms with Crippen LogP contribution in [0.5, 0.6) is 0 Å². The molecule has 3 N–H and O–H groups in total. The van der Waals surface area contributed by atoms with Crippen LogP contribution in [-0.2, 0) is 11.2 Å². The van der Waals surface area contributed by atoms with Crippen LogP contribution < -0.4 is 10.6 Å². The number of rotatable bonds is 8. The number of benzene rings is 1. The summed E-state index contributed by atoms with van der Waals surface area (Å²) in [5.41, 5.74) is 1.87. The zero-order chi connectivity index (χ0) is 24.3. The SMILES string of the molecule is C[C@@H]1C[C@@H](C)CN(C(C)(C)CNC(=O)[C@H](Cc2c[nH]c3ccccc23)NC(=O)c2cccs2)C1. The topological polar surface area (TPSA) is 77.2 Å². The molecule has 1 saturated heterocycles. The largest absolute Gasteiger partial charge is 0.361 e. The van der Waals surface area contributed by atoms with Crippen LogP contribution in [0, 0.1) is 11.8 Å². The van der Waals surface area contributed by atoms with Gasteiger partial charge in [-0.1, -0.05) is 38.1 Å². The van der Waals surface area contributed by atoms with Crippen molar-refractivity contribution >= 4 is 34.1 Å². The number of nitrogens with zero attached hydrogens (tertiary/aromatic N) is 1. The van der Waals surface area contributed by atoms with Crippen LogP contribution in [0.1, 0.15) is 49.4 Å². The number of carbonyl (C=O) groups excluding carboxylic acids is 2. The van der Waals surface area contributed by atoms with Gasteiger partial charge in [0.05, 0.1) is 4.88 Å². The summed E-state index contributed by atoms with van der Waals surface area (Å²) in [6.07, 6.45) is 3.61. The quantitative estimate of drug-likeness (QED) is 0.446. The standard InChI is InChI=1S/C27H36N4O2S/c1-18-12-19(2)16-31(15-18)27(3,4)17-29-25(32)23(30-26(33)24-10-7-11-34-24)13-20-14-28-22-9-6-5-8-21(20)22/h5-11,14,18-19,23,28H,12-13,15-17H2,1-4H3,(H,29,32)(H,30,33)/t18-,19-,23+/m1/s1. The van der Waals surface area contributed by atoms with E-state index in [-0.39, 0.29) is 17.4 Å². The van der Waals surface area contributed by atoms with Gasteiger partial charge in [-0.3, -0.25) is 14.5 Å². The smallest absolute Gasteiger partial charge is 0.262 e. The predicted molar refractivity (Wildman–Crippen MR) is 139 cm³/mol. The Morgan fingerprint density at radius 2 is 1.88 bits per heavy atom. The zero-order valence-corrected chi connectivity index (χ0v) is 21.4. The third kappa shape index (κ3) is 5.70. The van der Waals surface area contributed by atoms with Crippen molar-refractivity contribution in [3.05, 3.63) is 58.4 Å². The lowest BCUT2D eigenvalue weighted by molar-refractivity contribution is -0.123. The van der Waals surface area contributed by atoms with Gasteiger partial charge in [0, 0.05) is 48.7 Å². The van der Waals surface area contributed by atoms with E-state index >= 15 is 0 Å². The van der Waals surface area contributed by atoms with Crippen molar-refractivity contribution in [1.82, 2.24) is 20.5 Å². The highest BCUT2D eigenvalue weighted by Gasteiger charge is 2.34. The van der Waals surface area contributed by atoms with Gasteiger partial charge in [-0.2, -0.15) is 0 Å². The Balaban J connectivity index is 1.48. The second-order valence-corrected chi connectivity index (χ2v) is 11.4. The highest BCUT2D eigenvalue weighted by atomic mass is 32.1. The molecule has 3 aromatic rings. The summed E-state index contributed by atoms with van der Waals surface area (Å²) in [6.45, 7) is 11.6. The maximum Gasteiger partial charge on any atom is 0.262 e. The molecule has 0 aliphatic carbocycles. The first-order chi connectivity index (χ1) is 16.2. The lowest BCUT2D eigenvalue weighted by atomic mass is 9.88. The first kappa shape index (κ1) is 24.5. The maximum atomic E-state index is 13.4. The van der Waals surface area contributed by atoms with Crippen molar-refractivity contribution < 1.29 is 9.59 Å². The predicted octanol–water partition coefficient (Wildman–Crippen LogP) is 4.44. The molecule has 1 aromatic carbocycles. The molecule has 0 saturated carbocycles. The summed E-state index contributed by atoms with van der Waals surface area (Å²) < 4.78 is 0.